The molecule has 0 saturated carbocycles. The molecule has 0 amide bonds. The Hall–Kier alpha value is -2.85. The summed E-state index contributed by atoms with van der Waals surface area (Å²) in [6, 6.07) is 18.0. The van der Waals surface area contributed by atoms with Gasteiger partial charge in [-0.05, 0) is 60.2 Å². The van der Waals surface area contributed by atoms with Gasteiger partial charge in [0.15, 0.2) is 5.78 Å². The summed E-state index contributed by atoms with van der Waals surface area (Å²) in [5.74, 6) is 1.31. The maximum atomic E-state index is 11.4. The van der Waals surface area contributed by atoms with Crippen molar-refractivity contribution in [1.82, 2.24) is 0 Å². The number of ether oxygens (including phenoxy) is 2. The van der Waals surface area contributed by atoms with E-state index in [1.165, 1.54) is 0 Å². The Labute approximate surface area is 140 Å². The monoisotopic (exact) mass is 322 g/mol. The topological polar surface area (TPSA) is 55.8 Å². The van der Waals surface area contributed by atoms with Crippen molar-refractivity contribution in [2.45, 2.75) is 13.2 Å². The summed E-state index contributed by atoms with van der Waals surface area (Å²) in [5, 5.41) is 12.1. The molecule has 0 aliphatic heterocycles. The summed E-state index contributed by atoms with van der Waals surface area (Å²) in [6.45, 7) is 1.55. The molecule has 1 atom stereocenters. The van der Waals surface area contributed by atoms with E-state index in [-0.39, 0.29) is 5.78 Å². The molecule has 0 radical (unpaired) electrons. The van der Waals surface area contributed by atoms with E-state index in [9.17, 15) is 9.90 Å². The number of hydrogen-bond donors (Lipinski definition) is 1. The molecule has 4 nitrogen and oxygen atoms in total. The number of hydrogen-bond acceptors (Lipinski definition) is 4. The second kappa shape index (κ2) is 6.72. The van der Waals surface area contributed by atoms with E-state index >= 15 is 0 Å². The summed E-state index contributed by atoms with van der Waals surface area (Å²) < 4.78 is 10.7. The molecular formula is C20H18O4. The van der Waals surface area contributed by atoms with E-state index in [0.29, 0.717) is 16.9 Å². The fraction of sp³-hybridized carbons (Fsp3) is 0.150. The summed E-state index contributed by atoms with van der Waals surface area (Å²) in [5.41, 5.74) is 1.32. The molecule has 4 heteroatoms. The van der Waals surface area contributed by atoms with Crippen molar-refractivity contribution >= 4 is 16.6 Å². The summed E-state index contributed by atoms with van der Waals surface area (Å²) in [4.78, 5) is 11.4. The van der Waals surface area contributed by atoms with E-state index in [0.717, 1.165) is 16.5 Å². The summed E-state index contributed by atoms with van der Waals surface area (Å²) in [6.07, 6.45) is -1.06. The first kappa shape index (κ1) is 16.0. The van der Waals surface area contributed by atoms with Gasteiger partial charge in [0.25, 0.3) is 0 Å². The SMILES string of the molecule is COc1ccc(C(O)Oc2ccc3cc(C(C)=O)ccc3c2)cc1. The van der Waals surface area contributed by atoms with Crippen molar-refractivity contribution in [3.05, 3.63) is 71.8 Å². The Morgan fingerprint density at radius 1 is 0.917 bits per heavy atom. The van der Waals surface area contributed by atoms with Gasteiger partial charge in [-0.3, -0.25) is 4.79 Å². The van der Waals surface area contributed by atoms with Crippen LogP contribution in [0.5, 0.6) is 11.5 Å². The zero-order chi connectivity index (χ0) is 17.1. The second-order valence-electron chi connectivity index (χ2n) is 5.52. The van der Waals surface area contributed by atoms with Gasteiger partial charge in [-0.2, -0.15) is 0 Å². The molecular weight excluding hydrogens is 304 g/mol. The van der Waals surface area contributed by atoms with Crippen LogP contribution in [0.4, 0.5) is 0 Å². The molecule has 0 bridgehead atoms. The molecule has 0 aromatic heterocycles. The molecule has 24 heavy (non-hydrogen) atoms. The molecule has 0 saturated heterocycles. The quantitative estimate of drug-likeness (QED) is 0.567. The Kier molecular flexibility index (Phi) is 4.49. The summed E-state index contributed by atoms with van der Waals surface area (Å²) >= 11 is 0. The number of aliphatic hydroxyl groups is 1. The first-order valence-corrected chi connectivity index (χ1v) is 7.60. The minimum Gasteiger partial charge on any atom is -0.497 e. The van der Waals surface area contributed by atoms with Crippen molar-refractivity contribution in [3.63, 3.8) is 0 Å². The zero-order valence-corrected chi connectivity index (χ0v) is 13.5. The van der Waals surface area contributed by atoms with Crippen LogP contribution >= 0.6 is 0 Å². The van der Waals surface area contributed by atoms with Crippen molar-refractivity contribution < 1.29 is 19.4 Å². The van der Waals surface area contributed by atoms with Crippen LogP contribution in [0.1, 0.15) is 29.1 Å². The van der Waals surface area contributed by atoms with Crippen LogP contribution in [-0.2, 0) is 0 Å². The van der Waals surface area contributed by atoms with Crippen molar-refractivity contribution in [2.75, 3.05) is 7.11 Å². The maximum Gasteiger partial charge on any atom is 0.224 e. The first-order chi connectivity index (χ1) is 11.6. The number of rotatable bonds is 5. The maximum absolute atomic E-state index is 11.4. The van der Waals surface area contributed by atoms with Crippen LogP contribution in [0.3, 0.4) is 0 Å². The predicted molar refractivity (Wildman–Crippen MR) is 92.5 cm³/mol. The van der Waals surface area contributed by atoms with Gasteiger partial charge in [-0.1, -0.05) is 18.2 Å². The van der Waals surface area contributed by atoms with Gasteiger partial charge >= 0.3 is 0 Å². The molecule has 122 valence electrons. The third kappa shape index (κ3) is 3.39. The smallest absolute Gasteiger partial charge is 0.224 e. The van der Waals surface area contributed by atoms with Crippen molar-refractivity contribution in [1.29, 1.82) is 0 Å². The number of benzene rings is 3. The largest absolute Gasteiger partial charge is 0.497 e. The number of methoxy groups -OCH3 is 1. The van der Waals surface area contributed by atoms with Gasteiger partial charge in [-0.15, -0.1) is 0 Å². The number of fused-ring (bicyclic) bond motifs is 1. The highest BCUT2D eigenvalue weighted by molar-refractivity contribution is 5.98. The molecule has 0 aliphatic carbocycles. The third-order valence-electron chi connectivity index (χ3n) is 3.87. The first-order valence-electron chi connectivity index (χ1n) is 7.60. The van der Waals surface area contributed by atoms with Gasteiger partial charge in [-0.25, -0.2) is 0 Å². The molecule has 3 aromatic rings. The molecule has 1 N–H and O–H groups in total. The minimum atomic E-state index is -1.06. The molecule has 3 aromatic carbocycles. The standard InChI is InChI=1S/C20H18O4/c1-13(21)15-3-4-17-12-19(10-7-16(17)11-15)24-20(22)14-5-8-18(23-2)9-6-14/h3-12,20,22H,1-2H3. The lowest BCUT2D eigenvalue weighted by molar-refractivity contribution is -0.0193. The Morgan fingerprint density at radius 3 is 2.21 bits per heavy atom. The molecule has 0 spiro atoms. The van der Waals surface area contributed by atoms with Crippen LogP contribution < -0.4 is 9.47 Å². The Balaban J connectivity index is 1.81. The van der Waals surface area contributed by atoms with E-state index in [1.807, 2.05) is 24.3 Å². The number of carbonyl (C=O) groups excluding carboxylic acids is 1. The van der Waals surface area contributed by atoms with E-state index in [4.69, 9.17) is 9.47 Å². The number of carbonyl (C=O) groups is 1. The Bertz CT molecular complexity index is 868. The molecule has 0 heterocycles. The molecule has 0 fully saturated rings. The van der Waals surface area contributed by atoms with Crippen LogP contribution in [0.15, 0.2) is 60.7 Å². The number of ketones is 1. The van der Waals surface area contributed by atoms with Gasteiger partial charge in [0.05, 0.1) is 7.11 Å². The van der Waals surface area contributed by atoms with Gasteiger partial charge in [0.1, 0.15) is 11.5 Å². The lowest BCUT2D eigenvalue weighted by Gasteiger charge is -2.15. The fourth-order valence-corrected chi connectivity index (χ4v) is 2.48. The predicted octanol–water partition coefficient (Wildman–Crippen LogP) is 4.12. The molecule has 1 unspecified atom stereocenters. The van der Waals surface area contributed by atoms with Crippen molar-refractivity contribution in [3.8, 4) is 11.5 Å². The fourth-order valence-electron chi connectivity index (χ4n) is 2.48. The number of Topliss-reactive ketones (excluding diaryl/α,β-unsaturated/α-hetero) is 1. The normalized spacial score (nSPS) is 12.0. The highest BCUT2D eigenvalue weighted by atomic mass is 16.6. The number of aliphatic hydroxyl groups excluding tert-OH is 1. The Morgan fingerprint density at radius 2 is 1.54 bits per heavy atom. The van der Waals surface area contributed by atoms with Gasteiger partial charge in [0.2, 0.25) is 6.29 Å². The minimum absolute atomic E-state index is 0.0344. The summed E-state index contributed by atoms with van der Waals surface area (Å²) in [7, 11) is 1.59. The lowest BCUT2D eigenvalue weighted by Crippen LogP contribution is -2.06. The van der Waals surface area contributed by atoms with Gasteiger partial charge < -0.3 is 14.6 Å². The third-order valence-corrected chi connectivity index (χ3v) is 3.87. The van der Waals surface area contributed by atoms with Crippen LogP contribution in [-0.4, -0.2) is 18.0 Å². The highest BCUT2D eigenvalue weighted by Gasteiger charge is 2.10. The van der Waals surface area contributed by atoms with E-state index in [1.54, 1.807) is 50.4 Å². The van der Waals surface area contributed by atoms with Gasteiger partial charge in [0, 0.05) is 11.1 Å². The average molecular weight is 322 g/mol. The van der Waals surface area contributed by atoms with Crippen LogP contribution in [0.2, 0.25) is 0 Å². The van der Waals surface area contributed by atoms with E-state index < -0.39 is 6.29 Å². The van der Waals surface area contributed by atoms with Crippen molar-refractivity contribution in [2.24, 2.45) is 0 Å². The zero-order valence-electron chi connectivity index (χ0n) is 13.5. The second-order valence-corrected chi connectivity index (χ2v) is 5.52. The van der Waals surface area contributed by atoms with E-state index in [2.05, 4.69) is 0 Å². The highest BCUT2D eigenvalue weighted by Crippen LogP contribution is 2.26. The molecule has 3 rings (SSSR count). The van der Waals surface area contributed by atoms with Crippen LogP contribution in [0.25, 0.3) is 10.8 Å². The van der Waals surface area contributed by atoms with Crippen LogP contribution in [0, 0.1) is 0 Å². The molecule has 0 aliphatic rings. The average Bonchev–Trinajstić information content (AvgIpc) is 2.61. The lowest BCUT2D eigenvalue weighted by atomic mass is 10.0.